The molecule has 0 aliphatic carbocycles. The summed E-state index contributed by atoms with van der Waals surface area (Å²) in [5.74, 6) is -4.10. The zero-order chi connectivity index (χ0) is 27.1. The minimum atomic E-state index is -1.34. The Balaban J connectivity index is 1.49. The predicted molar refractivity (Wildman–Crippen MR) is 130 cm³/mol. The maximum atomic E-state index is 12.6. The Bertz CT molecular complexity index is 1120. The number of urea groups is 1. The number of carbonyl (C=O) groups excluding carboxylic acids is 4. The zero-order valence-corrected chi connectivity index (χ0v) is 20.6. The van der Waals surface area contributed by atoms with Crippen LogP contribution in [0.3, 0.4) is 0 Å². The van der Waals surface area contributed by atoms with Gasteiger partial charge in [-0.3, -0.25) is 19.3 Å². The second-order valence-electron chi connectivity index (χ2n) is 8.24. The fourth-order valence-corrected chi connectivity index (χ4v) is 5.13. The molecule has 0 aromatic heterocycles. The summed E-state index contributed by atoms with van der Waals surface area (Å²) in [5.41, 5.74) is 0.512. The summed E-state index contributed by atoms with van der Waals surface area (Å²) in [6.45, 7) is 0.938. The normalized spacial score (nSPS) is 19.2. The van der Waals surface area contributed by atoms with Gasteiger partial charge in [0.15, 0.2) is 0 Å². The molecule has 0 spiro atoms. The molecule has 0 unspecified atom stereocenters. The van der Waals surface area contributed by atoms with Crippen LogP contribution >= 0.6 is 11.8 Å². The summed E-state index contributed by atoms with van der Waals surface area (Å²) in [6.07, 6.45) is -0.0186. The molecule has 0 radical (unpaired) electrons. The lowest BCUT2D eigenvalue weighted by Gasteiger charge is -2.49. The molecule has 13 nitrogen and oxygen atoms in total. The van der Waals surface area contributed by atoms with Gasteiger partial charge in [-0.1, -0.05) is 18.2 Å². The minimum Gasteiger partial charge on any atom is -0.480 e. The summed E-state index contributed by atoms with van der Waals surface area (Å²) in [6, 6.07) is 5.60. The second-order valence-corrected chi connectivity index (χ2v) is 9.35. The lowest BCUT2D eigenvalue weighted by Crippen LogP contribution is -2.70. The third kappa shape index (κ3) is 7.00. The van der Waals surface area contributed by atoms with E-state index in [9.17, 15) is 39.0 Å². The number of amides is 4. The van der Waals surface area contributed by atoms with Gasteiger partial charge in [-0.25, -0.2) is 14.4 Å². The molecule has 0 bridgehead atoms. The number of carboxylic acids is 2. The smallest absolute Gasteiger partial charge is 0.352 e. The number of para-hydroxylation sites is 1. The largest absolute Gasteiger partial charge is 0.480 e. The van der Waals surface area contributed by atoms with Crippen molar-refractivity contribution in [3.05, 3.63) is 41.6 Å². The highest BCUT2D eigenvalue weighted by atomic mass is 32.2. The molecule has 37 heavy (non-hydrogen) atoms. The van der Waals surface area contributed by atoms with Crippen LogP contribution in [0.25, 0.3) is 0 Å². The summed E-state index contributed by atoms with van der Waals surface area (Å²) >= 11 is 1.23. The lowest BCUT2D eigenvalue weighted by molar-refractivity contribution is -0.151. The number of fused-ring (bicyclic) bond motifs is 1. The monoisotopic (exact) mass is 534 g/mol. The maximum absolute atomic E-state index is 12.6. The molecule has 4 amide bonds. The average molecular weight is 535 g/mol. The van der Waals surface area contributed by atoms with Crippen LogP contribution < -0.4 is 16.0 Å². The van der Waals surface area contributed by atoms with Crippen molar-refractivity contribution in [3.8, 4) is 0 Å². The van der Waals surface area contributed by atoms with E-state index in [1.54, 1.807) is 30.3 Å². The molecule has 2 aliphatic rings. The van der Waals surface area contributed by atoms with E-state index in [0.29, 0.717) is 5.69 Å². The van der Waals surface area contributed by atoms with Gasteiger partial charge in [0.2, 0.25) is 5.91 Å². The number of ether oxygens (including phenoxy) is 1. The van der Waals surface area contributed by atoms with Crippen molar-refractivity contribution in [3.63, 3.8) is 0 Å². The maximum Gasteiger partial charge on any atom is 0.352 e. The second kappa shape index (κ2) is 12.3. The molecular weight excluding hydrogens is 508 g/mol. The van der Waals surface area contributed by atoms with Gasteiger partial charge in [-0.05, 0) is 25.0 Å². The Morgan fingerprint density at radius 1 is 1.16 bits per heavy atom. The highest BCUT2D eigenvalue weighted by molar-refractivity contribution is 8.00. The number of β-lactam (4-membered cyclic amide) rings is 1. The molecule has 1 aromatic carbocycles. The van der Waals surface area contributed by atoms with Crippen molar-refractivity contribution in [2.24, 2.45) is 0 Å². The van der Waals surface area contributed by atoms with Crippen LogP contribution in [0.15, 0.2) is 41.6 Å². The number of carboxylic acid groups (broad SMARTS) is 2. The van der Waals surface area contributed by atoms with E-state index in [4.69, 9.17) is 4.74 Å². The van der Waals surface area contributed by atoms with Crippen LogP contribution in [0.1, 0.15) is 26.2 Å². The quantitative estimate of drug-likeness (QED) is 0.200. The van der Waals surface area contributed by atoms with Gasteiger partial charge in [0, 0.05) is 30.4 Å². The molecule has 198 valence electrons. The molecule has 3 atom stereocenters. The standard InChI is InChI=1S/C23H26N4O9S/c1-12(28)36-10-13-11-37-20-17(19(30)27(20)18(13)22(33)34)26-16(29)9-5-8-15(21(31)32)25-23(35)24-14-6-3-2-4-7-14/h2-4,6-7,15,17,20H,5,8-11H2,1H3,(H,26,29)(H,31,32)(H,33,34)(H2,24,25,35)/t15-,17-,20-/m1/s1. The number of nitrogens with one attached hydrogen (secondary N) is 3. The van der Waals surface area contributed by atoms with Gasteiger partial charge < -0.3 is 30.9 Å². The number of carbonyl (C=O) groups is 6. The average Bonchev–Trinajstić information content (AvgIpc) is 2.85. The van der Waals surface area contributed by atoms with E-state index in [0.717, 1.165) is 4.90 Å². The van der Waals surface area contributed by atoms with E-state index in [-0.39, 0.29) is 42.9 Å². The molecule has 1 saturated heterocycles. The van der Waals surface area contributed by atoms with Crippen LogP contribution in [0.4, 0.5) is 10.5 Å². The number of aliphatic carboxylic acids is 2. The van der Waals surface area contributed by atoms with Crippen LogP contribution in [0.2, 0.25) is 0 Å². The molecule has 1 fully saturated rings. The van der Waals surface area contributed by atoms with Crippen LogP contribution in [0, 0.1) is 0 Å². The molecule has 5 N–H and O–H groups in total. The lowest BCUT2D eigenvalue weighted by atomic mass is 10.0. The van der Waals surface area contributed by atoms with Gasteiger partial charge in [0.1, 0.15) is 29.8 Å². The SMILES string of the molecule is CC(=O)OCC1=C(C(=O)O)N2C(=O)[C@@H](NC(=O)CCC[C@@H](NC(=O)Nc3ccccc3)C(=O)O)[C@H]2SC1. The fourth-order valence-electron chi connectivity index (χ4n) is 3.80. The van der Waals surface area contributed by atoms with Gasteiger partial charge in [0.25, 0.3) is 5.91 Å². The first kappa shape index (κ1) is 27.5. The number of hydrogen-bond donors (Lipinski definition) is 5. The Morgan fingerprint density at radius 2 is 1.86 bits per heavy atom. The first-order valence-corrected chi connectivity index (χ1v) is 12.3. The number of thioether (sulfide) groups is 1. The Morgan fingerprint density at radius 3 is 2.49 bits per heavy atom. The van der Waals surface area contributed by atoms with Crippen molar-refractivity contribution in [2.45, 2.75) is 43.6 Å². The van der Waals surface area contributed by atoms with Crippen molar-refractivity contribution in [2.75, 3.05) is 17.7 Å². The van der Waals surface area contributed by atoms with E-state index in [1.807, 2.05) is 0 Å². The number of esters is 1. The third-order valence-electron chi connectivity index (χ3n) is 5.55. The summed E-state index contributed by atoms with van der Waals surface area (Å²) in [4.78, 5) is 72.5. The van der Waals surface area contributed by atoms with E-state index < -0.39 is 53.2 Å². The van der Waals surface area contributed by atoms with Gasteiger partial charge in [0.05, 0.1) is 0 Å². The first-order chi connectivity index (χ1) is 17.6. The topological polar surface area (TPSA) is 191 Å². The highest BCUT2D eigenvalue weighted by Crippen LogP contribution is 2.40. The molecule has 14 heteroatoms. The van der Waals surface area contributed by atoms with Crippen molar-refractivity contribution >= 4 is 53.2 Å². The van der Waals surface area contributed by atoms with Crippen molar-refractivity contribution in [1.29, 1.82) is 0 Å². The highest BCUT2D eigenvalue weighted by Gasteiger charge is 2.54. The summed E-state index contributed by atoms with van der Waals surface area (Å²) < 4.78 is 4.88. The van der Waals surface area contributed by atoms with Crippen molar-refractivity contribution < 1.29 is 43.7 Å². The zero-order valence-electron chi connectivity index (χ0n) is 19.8. The van der Waals surface area contributed by atoms with Gasteiger partial charge in [-0.2, -0.15) is 0 Å². The van der Waals surface area contributed by atoms with E-state index in [2.05, 4.69) is 16.0 Å². The van der Waals surface area contributed by atoms with Gasteiger partial charge in [-0.15, -0.1) is 11.8 Å². The summed E-state index contributed by atoms with van der Waals surface area (Å²) in [7, 11) is 0. The van der Waals surface area contributed by atoms with Crippen molar-refractivity contribution in [1.82, 2.24) is 15.5 Å². The number of rotatable bonds is 11. The first-order valence-electron chi connectivity index (χ1n) is 11.3. The molecule has 3 rings (SSSR count). The Hall–Kier alpha value is -4.07. The van der Waals surface area contributed by atoms with Crippen LogP contribution in [-0.4, -0.2) is 80.7 Å². The molecular formula is C23H26N4O9S. The number of anilines is 1. The van der Waals surface area contributed by atoms with Crippen LogP contribution in [-0.2, 0) is 28.7 Å². The number of nitrogens with zero attached hydrogens (tertiary/aromatic N) is 1. The van der Waals surface area contributed by atoms with E-state index in [1.165, 1.54) is 18.7 Å². The van der Waals surface area contributed by atoms with E-state index >= 15 is 0 Å². The summed E-state index contributed by atoms with van der Waals surface area (Å²) in [5, 5.41) is 25.8. The fraction of sp³-hybridized carbons (Fsp3) is 0.391. The molecule has 0 saturated carbocycles. The minimum absolute atomic E-state index is 0.0285. The number of hydrogen-bond acceptors (Lipinski definition) is 8. The Kier molecular flexibility index (Phi) is 9.11. The molecule has 2 aliphatic heterocycles. The Labute approximate surface area is 215 Å². The molecule has 2 heterocycles. The third-order valence-corrected chi connectivity index (χ3v) is 6.89. The predicted octanol–water partition coefficient (Wildman–Crippen LogP) is 0.733. The van der Waals surface area contributed by atoms with Gasteiger partial charge >= 0.3 is 23.9 Å². The molecule has 1 aromatic rings. The number of benzene rings is 1. The van der Waals surface area contributed by atoms with Crippen LogP contribution in [0.5, 0.6) is 0 Å².